The molecule has 4 saturated carbocycles. The highest BCUT2D eigenvalue weighted by Gasteiger charge is 2.60. The van der Waals surface area contributed by atoms with Crippen LogP contribution in [0.3, 0.4) is 0 Å². The fourth-order valence-electron chi connectivity index (χ4n) is 11.2. The summed E-state index contributed by atoms with van der Waals surface area (Å²) in [5.74, 6) is 3.35. The third-order valence-electron chi connectivity index (χ3n) is 14.0. The summed E-state index contributed by atoms with van der Waals surface area (Å²) in [7, 11) is 0. The van der Waals surface area contributed by atoms with Gasteiger partial charge in [-0.2, -0.15) is 4.98 Å². The van der Waals surface area contributed by atoms with E-state index in [0.29, 0.717) is 34.7 Å². The van der Waals surface area contributed by atoms with Crippen molar-refractivity contribution >= 4 is 41.5 Å². The highest BCUT2D eigenvalue weighted by atomic mass is 35.5. The van der Waals surface area contributed by atoms with Crippen LogP contribution < -0.4 is 17.0 Å². The monoisotopic (exact) mass is 716 g/mol. The molecule has 2 heterocycles. The number of carbonyl (C=O) groups is 2. The second-order valence-electron chi connectivity index (χ2n) is 17.1. The largest absolute Gasteiger partial charge is 0.465 e. The fourth-order valence-corrected chi connectivity index (χ4v) is 11.2. The quantitative estimate of drug-likeness (QED) is 0.214. The van der Waals surface area contributed by atoms with E-state index >= 15 is 0 Å². The number of nitrogens with two attached hydrogens (primary N) is 2. The topological polar surface area (TPSA) is 168 Å². The van der Waals surface area contributed by atoms with Crippen LogP contribution >= 0.6 is 12.4 Å². The molecule has 0 aliphatic heterocycles. The van der Waals surface area contributed by atoms with Crippen LogP contribution in [0.25, 0.3) is 11.2 Å². The number of aromatic amines is 1. The van der Waals surface area contributed by atoms with Crippen molar-refractivity contribution < 1.29 is 19.1 Å². The van der Waals surface area contributed by atoms with Gasteiger partial charge in [0.05, 0.1) is 19.5 Å². The van der Waals surface area contributed by atoms with Crippen LogP contribution in [0.15, 0.2) is 11.1 Å². The molecule has 0 amide bonds. The van der Waals surface area contributed by atoms with E-state index in [1.54, 1.807) is 4.57 Å². The van der Waals surface area contributed by atoms with Gasteiger partial charge < -0.3 is 25.5 Å². The Bertz CT molecular complexity index is 1560. The van der Waals surface area contributed by atoms with Crippen LogP contribution in [0, 0.1) is 58.2 Å². The number of carbonyl (C=O) groups excluding carboxylic acids is 2. The number of halogens is 1. The van der Waals surface area contributed by atoms with Crippen molar-refractivity contribution in [3.8, 4) is 0 Å². The van der Waals surface area contributed by atoms with Gasteiger partial charge in [0.2, 0.25) is 5.95 Å². The Morgan fingerprint density at radius 1 is 1.00 bits per heavy atom. The highest BCUT2D eigenvalue weighted by Crippen LogP contribution is 2.68. The summed E-state index contributed by atoms with van der Waals surface area (Å²) in [5.41, 5.74) is 12.7. The maximum absolute atomic E-state index is 13.2. The molecule has 2 unspecified atom stereocenters. The Morgan fingerprint density at radius 2 is 1.74 bits per heavy atom. The number of nitrogen functional groups attached to an aromatic ring is 1. The zero-order chi connectivity index (χ0) is 35.1. The summed E-state index contributed by atoms with van der Waals surface area (Å²) in [5, 5.41) is 0. The smallest absolute Gasteiger partial charge is 0.323 e. The number of hydrogen-bond donors (Lipinski definition) is 3. The fraction of sp³-hybridized carbons (Fsp3) is 0.816. The molecule has 0 aromatic carbocycles. The van der Waals surface area contributed by atoms with Gasteiger partial charge in [0.25, 0.3) is 5.56 Å². The Labute approximate surface area is 303 Å². The molecule has 4 aliphatic carbocycles. The molecule has 11 nitrogen and oxygen atoms in total. The second-order valence-corrected chi connectivity index (χ2v) is 17.1. The molecule has 0 radical (unpaired) electrons. The highest BCUT2D eigenvalue weighted by molar-refractivity contribution is 5.85. The number of esters is 2. The molecular formula is C38H61ClN6O5. The van der Waals surface area contributed by atoms with Crippen molar-refractivity contribution in [1.29, 1.82) is 0 Å². The van der Waals surface area contributed by atoms with E-state index in [1.165, 1.54) is 70.5 Å². The number of aromatic nitrogens is 4. The first-order valence-electron chi connectivity index (χ1n) is 19.1. The van der Waals surface area contributed by atoms with Gasteiger partial charge in [-0.15, -0.1) is 12.4 Å². The summed E-state index contributed by atoms with van der Waals surface area (Å²) in [6, 6.07) is -0.753. The van der Waals surface area contributed by atoms with E-state index in [9.17, 15) is 14.4 Å². The molecule has 2 aromatic rings. The van der Waals surface area contributed by atoms with Gasteiger partial charge in [-0.1, -0.05) is 47.5 Å². The van der Waals surface area contributed by atoms with E-state index in [1.807, 2.05) is 13.8 Å². The summed E-state index contributed by atoms with van der Waals surface area (Å²) in [6.45, 7) is 11.6. The van der Waals surface area contributed by atoms with Gasteiger partial charge in [-0.3, -0.25) is 19.4 Å². The number of ether oxygens (including phenoxy) is 2. The Kier molecular flexibility index (Phi) is 12.0. The number of H-pyrrole nitrogens is 1. The van der Waals surface area contributed by atoms with Crippen molar-refractivity contribution in [1.82, 2.24) is 19.5 Å². The summed E-state index contributed by atoms with van der Waals surface area (Å²) in [6.07, 6.45) is 16.6. The van der Waals surface area contributed by atoms with Crippen molar-refractivity contribution in [2.24, 2.45) is 63.9 Å². The Balaban J connectivity index is 0.00000486. The molecule has 2 aromatic heterocycles. The number of nitrogens with one attached hydrogen (secondary N) is 1. The van der Waals surface area contributed by atoms with Crippen molar-refractivity contribution in [3.05, 3.63) is 16.7 Å². The first-order valence-corrected chi connectivity index (χ1v) is 19.1. The lowest BCUT2D eigenvalue weighted by molar-refractivity contribution is -0.151. The van der Waals surface area contributed by atoms with Crippen LogP contribution in [0.4, 0.5) is 5.95 Å². The predicted molar refractivity (Wildman–Crippen MR) is 196 cm³/mol. The van der Waals surface area contributed by atoms with Crippen LogP contribution in [0.5, 0.6) is 0 Å². The minimum Gasteiger partial charge on any atom is -0.465 e. The lowest BCUT2D eigenvalue weighted by atomic mass is 9.44. The molecule has 10 atom stereocenters. The Morgan fingerprint density at radius 3 is 2.50 bits per heavy atom. The molecule has 50 heavy (non-hydrogen) atoms. The summed E-state index contributed by atoms with van der Waals surface area (Å²) < 4.78 is 13.1. The number of fused-ring (bicyclic) bond motifs is 6. The molecule has 5 N–H and O–H groups in total. The lowest BCUT2D eigenvalue weighted by Crippen LogP contribution is -2.53. The predicted octanol–water partition coefficient (Wildman–Crippen LogP) is 6.27. The minimum absolute atomic E-state index is 0. The zero-order valence-corrected chi connectivity index (χ0v) is 31.6. The average molecular weight is 717 g/mol. The van der Waals surface area contributed by atoms with Gasteiger partial charge in [-0.05, 0) is 110 Å². The average Bonchev–Trinajstić information content (AvgIpc) is 3.64. The molecule has 0 bridgehead atoms. The van der Waals surface area contributed by atoms with Gasteiger partial charge in [-0.25, -0.2) is 4.98 Å². The van der Waals surface area contributed by atoms with Crippen LogP contribution in [0.2, 0.25) is 0 Å². The molecule has 0 spiro atoms. The zero-order valence-electron chi connectivity index (χ0n) is 30.8. The maximum Gasteiger partial charge on any atom is 0.323 e. The van der Waals surface area contributed by atoms with Gasteiger partial charge in [0, 0.05) is 18.9 Å². The molecule has 280 valence electrons. The molecule has 0 saturated heterocycles. The number of anilines is 1. The number of imidazole rings is 1. The van der Waals surface area contributed by atoms with Crippen LogP contribution in [-0.2, 0) is 25.6 Å². The standard InChI is InChI=1S/C38H60N6O5.ClH/c1-22(2)31(39)35(47)49-20-24(18-44-21-41-32-33(44)42-36(40)43-34(32)46)19-48-30(45)14-9-23(3)27-12-13-28-26-11-10-25-8-6-7-16-37(25,4)29(26)15-17-38(27,28)5;/h21-29,31H,6-20,39H2,1-5H3,(H3,40,42,43,46);1H/t23-,24?,25?,26+,27-,28+,29+,31+,37+,38-;/m1./s1. The van der Waals surface area contributed by atoms with E-state index in [2.05, 4.69) is 35.7 Å². The first kappa shape index (κ1) is 38.6. The van der Waals surface area contributed by atoms with E-state index in [4.69, 9.17) is 20.9 Å². The number of hydrogen-bond acceptors (Lipinski definition) is 9. The lowest BCUT2D eigenvalue weighted by Gasteiger charge is -2.61. The third-order valence-corrected chi connectivity index (χ3v) is 14.0. The van der Waals surface area contributed by atoms with Gasteiger partial charge in [0.15, 0.2) is 11.2 Å². The Hall–Kier alpha value is -2.66. The second kappa shape index (κ2) is 15.5. The van der Waals surface area contributed by atoms with E-state index < -0.39 is 23.5 Å². The van der Waals surface area contributed by atoms with E-state index in [-0.39, 0.29) is 55.5 Å². The van der Waals surface area contributed by atoms with Crippen molar-refractivity contribution in [2.45, 2.75) is 124 Å². The number of rotatable bonds is 12. The normalized spacial score (nSPS) is 32.3. The van der Waals surface area contributed by atoms with Gasteiger partial charge >= 0.3 is 11.9 Å². The summed E-state index contributed by atoms with van der Waals surface area (Å²) >= 11 is 0. The molecular weight excluding hydrogens is 656 g/mol. The van der Waals surface area contributed by atoms with Crippen molar-refractivity contribution in [2.75, 3.05) is 18.9 Å². The molecule has 4 fully saturated rings. The molecule has 12 heteroatoms. The molecule has 6 rings (SSSR count). The van der Waals surface area contributed by atoms with Crippen LogP contribution in [0.1, 0.15) is 112 Å². The van der Waals surface area contributed by atoms with Crippen LogP contribution in [-0.4, -0.2) is 50.7 Å². The van der Waals surface area contributed by atoms with E-state index in [0.717, 1.165) is 30.1 Å². The maximum atomic E-state index is 13.2. The number of nitrogens with zero attached hydrogens (tertiary/aromatic N) is 3. The SMILES string of the molecule is CC(C)[C@H](N)C(=O)OCC(COC(=O)CC[C@@H](C)[C@H]1CC[C@H]2[C@@H]3CCC4CCCC[C@]4(C)[C@H]3CC[C@]12C)Cn1cnc2c(=O)[nH]c(N)nc21.Cl. The van der Waals surface area contributed by atoms with Gasteiger partial charge in [0.1, 0.15) is 6.04 Å². The minimum atomic E-state index is -0.753. The first-order chi connectivity index (χ1) is 23.3. The van der Waals surface area contributed by atoms with Crippen molar-refractivity contribution in [3.63, 3.8) is 0 Å². The molecule has 4 aliphatic rings. The summed E-state index contributed by atoms with van der Waals surface area (Å²) in [4.78, 5) is 48.9. The third kappa shape index (κ3) is 7.46.